The molecule has 120 valence electrons. The van der Waals surface area contributed by atoms with E-state index in [-0.39, 0.29) is 11.5 Å². The first-order valence-electron chi connectivity index (χ1n) is 7.65. The van der Waals surface area contributed by atoms with Crippen molar-refractivity contribution in [2.45, 2.75) is 0 Å². The number of H-pyrrole nitrogens is 1. The highest BCUT2D eigenvalue weighted by Crippen LogP contribution is 2.19. The standard InChI is InChI=1S/C17H20N4O2/c1-20-8-10-21(11-9-20)15-5-3-14(4-6-15)19-17(23)13-2-7-16(22)18-12-13/h2-7,12H,8-11H2,1H3,(H,18,22)(H,19,23). The number of nitrogens with one attached hydrogen (secondary N) is 2. The smallest absolute Gasteiger partial charge is 0.257 e. The quantitative estimate of drug-likeness (QED) is 0.898. The van der Waals surface area contributed by atoms with Crippen molar-refractivity contribution in [1.29, 1.82) is 0 Å². The third kappa shape index (κ3) is 3.78. The number of likely N-dealkylation sites (N-methyl/N-ethyl adjacent to an activating group) is 1. The van der Waals surface area contributed by atoms with Gasteiger partial charge in [0.05, 0.1) is 5.56 Å². The van der Waals surface area contributed by atoms with Gasteiger partial charge in [-0.15, -0.1) is 0 Å². The number of amides is 1. The van der Waals surface area contributed by atoms with Crippen LogP contribution in [0.25, 0.3) is 0 Å². The summed E-state index contributed by atoms with van der Waals surface area (Å²) >= 11 is 0. The first-order valence-corrected chi connectivity index (χ1v) is 7.65. The van der Waals surface area contributed by atoms with E-state index in [0.29, 0.717) is 5.56 Å². The van der Waals surface area contributed by atoms with E-state index in [4.69, 9.17) is 0 Å². The lowest BCUT2D eigenvalue weighted by atomic mass is 10.2. The van der Waals surface area contributed by atoms with Gasteiger partial charge in [0.1, 0.15) is 0 Å². The van der Waals surface area contributed by atoms with Crippen molar-refractivity contribution in [2.75, 3.05) is 43.4 Å². The van der Waals surface area contributed by atoms with Gasteiger partial charge in [-0.25, -0.2) is 0 Å². The van der Waals surface area contributed by atoms with Gasteiger partial charge in [-0.1, -0.05) is 0 Å². The molecule has 1 aliphatic rings. The molecule has 0 aliphatic carbocycles. The zero-order valence-electron chi connectivity index (χ0n) is 13.1. The Morgan fingerprint density at radius 1 is 1.04 bits per heavy atom. The van der Waals surface area contributed by atoms with Crippen LogP contribution in [0.5, 0.6) is 0 Å². The summed E-state index contributed by atoms with van der Waals surface area (Å²) in [4.78, 5) is 30.3. The molecule has 1 aromatic carbocycles. The summed E-state index contributed by atoms with van der Waals surface area (Å²) < 4.78 is 0. The molecule has 2 heterocycles. The number of anilines is 2. The van der Waals surface area contributed by atoms with E-state index in [0.717, 1.165) is 31.9 Å². The fourth-order valence-corrected chi connectivity index (χ4v) is 2.58. The summed E-state index contributed by atoms with van der Waals surface area (Å²) in [5.74, 6) is -0.242. The summed E-state index contributed by atoms with van der Waals surface area (Å²) in [6.45, 7) is 4.15. The van der Waals surface area contributed by atoms with Crippen LogP contribution in [0.1, 0.15) is 10.4 Å². The van der Waals surface area contributed by atoms with Crippen LogP contribution in [0.3, 0.4) is 0 Å². The second kappa shape index (κ2) is 6.66. The first kappa shape index (κ1) is 15.3. The minimum atomic E-state index is -0.242. The summed E-state index contributed by atoms with van der Waals surface area (Å²) in [6, 6.07) is 10.7. The number of aromatic amines is 1. The molecule has 6 nitrogen and oxygen atoms in total. The van der Waals surface area contributed by atoms with Crippen molar-refractivity contribution in [3.05, 3.63) is 58.5 Å². The number of piperazine rings is 1. The molecule has 2 aromatic rings. The molecule has 1 aliphatic heterocycles. The Morgan fingerprint density at radius 2 is 1.74 bits per heavy atom. The van der Waals surface area contributed by atoms with Crippen LogP contribution in [0, 0.1) is 0 Å². The van der Waals surface area contributed by atoms with Gasteiger partial charge in [-0.2, -0.15) is 0 Å². The number of nitrogens with zero attached hydrogens (tertiary/aromatic N) is 2. The molecule has 0 atom stereocenters. The number of carbonyl (C=O) groups excluding carboxylic acids is 1. The summed E-state index contributed by atoms with van der Waals surface area (Å²) in [5, 5.41) is 2.83. The average molecular weight is 312 g/mol. The Morgan fingerprint density at radius 3 is 2.35 bits per heavy atom. The van der Waals surface area contributed by atoms with Crippen LogP contribution in [-0.4, -0.2) is 49.0 Å². The van der Waals surface area contributed by atoms with Gasteiger partial charge in [0.25, 0.3) is 5.91 Å². The van der Waals surface area contributed by atoms with Gasteiger partial charge in [-0.3, -0.25) is 9.59 Å². The Hall–Kier alpha value is -2.60. The maximum absolute atomic E-state index is 12.1. The van der Waals surface area contributed by atoms with E-state index < -0.39 is 0 Å². The molecule has 1 fully saturated rings. The van der Waals surface area contributed by atoms with Gasteiger partial charge in [0.15, 0.2) is 0 Å². The molecule has 1 aromatic heterocycles. The summed E-state index contributed by atoms with van der Waals surface area (Å²) in [7, 11) is 2.13. The fourth-order valence-electron chi connectivity index (χ4n) is 2.58. The zero-order valence-corrected chi connectivity index (χ0v) is 13.1. The molecule has 2 N–H and O–H groups in total. The number of hydrogen-bond donors (Lipinski definition) is 2. The third-order valence-corrected chi connectivity index (χ3v) is 4.04. The van der Waals surface area contributed by atoms with Crippen molar-refractivity contribution in [3.8, 4) is 0 Å². The molecule has 0 radical (unpaired) electrons. The van der Waals surface area contributed by atoms with Crippen LogP contribution in [-0.2, 0) is 0 Å². The molecular weight excluding hydrogens is 292 g/mol. The maximum Gasteiger partial charge on any atom is 0.257 e. The van der Waals surface area contributed by atoms with Crippen LogP contribution in [0.15, 0.2) is 47.4 Å². The second-order valence-electron chi connectivity index (χ2n) is 5.73. The number of aromatic nitrogens is 1. The van der Waals surface area contributed by atoms with Crippen molar-refractivity contribution in [1.82, 2.24) is 9.88 Å². The molecule has 0 unspecified atom stereocenters. The Bertz CT molecular complexity index is 711. The van der Waals surface area contributed by atoms with Gasteiger partial charge < -0.3 is 20.1 Å². The highest BCUT2D eigenvalue weighted by atomic mass is 16.1. The van der Waals surface area contributed by atoms with E-state index in [2.05, 4.69) is 27.1 Å². The lowest BCUT2D eigenvalue weighted by Crippen LogP contribution is -2.44. The highest BCUT2D eigenvalue weighted by molar-refractivity contribution is 6.04. The lowest BCUT2D eigenvalue weighted by Gasteiger charge is -2.34. The Balaban J connectivity index is 1.64. The Kier molecular flexibility index (Phi) is 4.43. The number of carbonyl (C=O) groups is 1. The van der Waals surface area contributed by atoms with Crippen molar-refractivity contribution >= 4 is 17.3 Å². The minimum Gasteiger partial charge on any atom is -0.369 e. The minimum absolute atomic E-state index is 0.224. The molecule has 23 heavy (non-hydrogen) atoms. The monoisotopic (exact) mass is 312 g/mol. The Labute approximate surface area is 134 Å². The highest BCUT2D eigenvalue weighted by Gasteiger charge is 2.14. The second-order valence-corrected chi connectivity index (χ2v) is 5.73. The lowest BCUT2D eigenvalue weighted by molar-refractivity contribution is 0.102. The fraction of sp³-hybridized carbons (Fsp3) is 0.294. The number of hydrogen-bond acceptors (Lipinski definition) is 4. The number of pyridine rings is 1. The third-order valence-electron chi connectivity index (χ3n) is 4.04. The van der Waals surface area contributed by atoms with Gasteiger partial charge in [0.2, 0.25) is 5.56 Å². The summed E-state index contributed by atoms with van der Waals surface area (Å²) in [5.41, 5.74) is 2.10. The molecule has 1 amide bonds. The van der Waals surface area contributed by atoms with E-state index in [1.165, 1.54) is 24.0 Å². The van der Waals surface area contributed by atoms with Crippen molar-refractivity contribution < 1.29 is 4.79 Å². The van der Waals surface area contributed by atoms with E-state index in [1.807, 2.05) is 24.3 Å². The SMILES string of the molecule is CN1CCN(c2ccc(NC(=O)c3ccc(=O)[nH]c3)cc2)CC1. The zero-order chi connectivity index (χ0) is 16.2. The average Bonchev–Trinajstić information content (AvgIpc) is 2.57. The van der Waals surface area contributed by atoms with Crippen LogP contribution < -0.4 is 15.8 Å². The van der Waals surface area contributed by atoms with Gasteiger partial charge >= 0.3 is 0 Å². The number of rotatable bonds is 3. The van der Waals surface area contributed by atoms with E-state index >= 15 is 0 Å². The van der Waals surface area contributed by atoms with Crippen molar-refractivity contribution in [3.63, 3.8) is 0 Å². The predicted molar refractivity (Wildman–Crippen MR) is 91.2 cm³/mol. The van der Waals surface area contributed by atoms with E-state index in [9.17, 15) is 9.59 Å². The normalized spacial score (nSPS) is 15.4. The van der Waals surface area contributed by atoms with Gasteiger partial charge in [0, 0.05) is 49.8 Å². The van der Waals surface area contributed by atoms with Crippen LogP contribution in [0.4, 0.5) is 11.4 Å². The largest absolute Gasteiger partial charge is 0.369 e. The van der Waals surface area contributed by atoms with E-state index in [1.54, 1.807) is 0 Å². The van der Waals surface area contributed by atoms with Crippen molar-refractivity contribution in [2.24, 2.45) is 0 Å². The van der Waals surface area contributed by atoms with Gasteiger partial charge in [-0.05, 0) is 37.4 Å². The maximum atomic E-state index is 12.1. The topological polar surface area (TPSA) is 68.4 Å². The molecule has 3 rings (SSSR count). The predicted octanol–water partition coefficient (Wildman–Crippen LogP) is 1.38. The number of benzene rings is 1. The molecule has 6 heteroatoms. The first-order chi connectivity index (χ1) is 11.1. The molecule has 1 saturated heterocycles. The summed E-state index contributed by atoms with van der Waals surface area (Å²) in [6.07, 6.45) is 1.41. The molecule has 0 bridgehead atoms. The van der Waals surface area contributed by atoms with Crippen LogP contribution in [0.2, 0.25) is 0 Å². The molecular formula is C17H20N4O2. The molecule has 0 spiro atoms. The molecule has 0 saturated carbocycles. The van der Waals surface area contributed by atoms with Crippen LogP contribution >= 0.6 is 0 Å².